The number of rotatable bonds is 4. The first kappa shape index (κ1) is 13.1. The predicted molar refractivity (Wildman–Crippen MR) is 75.6 cm³/mol. The van der Waals surface area contributed by atoms with E-state index >= 15 is 0 Å². The van der Waals surface area contributed by atoms with E-state index in [9.17, 15) is 4.79 Å². The normalized spacial score (nSPS) is 14.3. The van der Waals surface area contributed by atoms with Gasteiger partial charge in [0.1, 0.15) is 5.82 Å². The number of nitrogens with zero attached hydrogens (tertiary/aromatic N) is 3. The van der Waals surface area contributed by atoms with Crippen molar-refractivity contribution in [2.24, 2.45) is 0 Å². The van der Waals surface area contributed by atoms with Gasteiger partial charge >= 0.3 is 0 Å². The summed E-state index contributed by atoms with van der Waals surface area (Å²) in [6, 6.07) is 7.46. The highest BCUT2D eigenvalue weighted by Gasteiger charge is 2.28. The molecule has 20 heavy (non-hydrogen) atoms. The lowest BCUT2D eigenvalue weighted by molar-refractivity contribution is 0.0773. The van der Waals surface area contributed by atoms with Gasteiger partial charge in [0, 0.05) is 24.5 Å². The van der Waals surface area contributed by atoms with E-state index in [0.717, 1.165) is 24.2 Å². The van der Waals surface area contributed by atoms with Crippen LogP contribution in [-0.2, 0) is 6.54 Å². The Morgan fingerprint density at radius 1 is 1.50 bits per heavy atom. The van der Waals surface area contributed by atoms with Crippen LogP contribution in [0, 0.1) is 0 Å². The Hall–Kier alpha value is -1.88. The molecular formula is C14H15ClN4O. The number of carbonyl (C=O) groups excluding carboxylic acids is 1. The molecule has 1 saturated carbocycles. The molecule has 1 amide bonds. The molecule has 0 unspecified atom stereocenters. The van der Waals surface area contributed by atoms with Gasteiger partial charge in [0.2, 0.25) is 5.82 Å². The number of nitrogens with one attached hydrogen (secondary N) is 1. The van der Waals surface area contributed by atoms with Crippen molar-refractivity contribution < 1.29 is 4.79 Å². The number of aromatic nitrogens is 3. The van der Waals surface area contributed by atoms with E-state index in [1.807, 2.05) is 24.3 Å². The van der Waals surface area contributed by atoms with Gasteiger partial charge in [-0.25, -0.2) is 4.98 Å². The maximum atomic E-state index is 12.2. The van der Waals surface area contributed by atoms with Crippen molar-refractivity contribution in [1.82, 2.24) is 20.1 Å². The molecule has 0 aliphatic heterocycles. The summed E-state index contributed by atoms with van der Waals surface area (Å²) in [5.74, 6) is 1.33. The number of carbonyl (C=O) groups is 1. The number of hydrogen-bond acceptors (Lipinski definition) is 3. The van der Waals surface area contributed by atoms with E-state index in [1.54, 1.807) is 11.9 Å². The topological polar surface area (TPSA) is 61.9 Å². The third-order valence-electron chi connectivity index (χ3n) is 3.31. The third kappa shape index (κ3) is 2.82. The molecule has 1 aliphatic carbocycles. The maximum Gasteiger partial charge on any atom is 0.293 e. The lowest BCUT2D eigenvalue weighted by Crippen LogP contribution is -2.27. The Balaban J connectivity index is 1.69. The molecule has 1 aromatic carbocycles. The van der Waals surface area contributed by atoms with Gasteiger partial charge < -0.3 is 4.90 Å². The van der Waals surface area contributed by atoms with E-state index in [4.69, 9.17) is 11.6 Å². The van der Waals surface area contributed by atoms with Gasteiger partial charge in [0.25, 0.3) is 5.91 Å². The van der Waals surface area contributed by atoms with Crippen molar-refractivity contribution in [3.05, 3.63) is 46.5 Å². The molecule has 1 aliphatic rings. The summed E-state index contributed by atoms with van der Waals surface area (Å²) < 4.78 is 0. The highest BCUT2D eigenvalue weighted by Crippen LogP contribution is 2.37. The van der Waals surface area contributed by atoms with Gasteiger partial charge in [-0.05, 0) is 30.5 Å². The zero-order valence-electron chi connectivity index (χ0n) is 11.1. The van der Waals surface area contributed by atoms with Crippen LogP contribution in [0.5, 0.6) is 0 Å². The number of halogens is 1. The highest BCUT2D eigenvalue weighted by atomic mass is 35.5. The SMILES string of the molecule is CN(Cc1cccc(Cl)c1)C(=O)c1n[nH]c(C2CC2)n1. The van der Waals surface area contributed by atoms with Crippen LogP contribution < -0.4 is 0 Å². The smallest absolute Gasteiger partial charge is 0.293 e. The summed E-state index contributed by atoms with van der Waals surface area (Å²) >= 11 is 5.94. The third-order valence-corrected chi connectivity index (χ3v) is 3.55. The van der Waals surface area contributed by atoms with Gasteiger partial charge in [0.15, 0.2) is 0 Å². The van der Waals surface area contributed by atoms with Crippen molar-refractivity contribution in [3.63, 3.8) is 0 Å². The lowest BCUT2D eigenvalue weighted by Gasteiger charge is -2.15. The first-order valence-corrected chi connectivity index (χ1v) is 6.93. The van der Waals surface area contributed by atoms with Crippen LogP contribution in [0.4, 0.5) is 0 Å². The molecule has 0 bridgehead atoms. The number of aromatic amines is 1. The monoisotopic (exact) mass is 290 g/mol. The van der Waals surface area contributed by atoms with Crippen molar-refractivity contribution in [3.8, 4) is 0 Å². The Bertz CT molecular complexity index is 636. The second-order valence-corrected chi connectivity index (χ2v) is 5.55. The lowest BCUT2D eigenvalue weighted by atomic mass is 10.2. The van der Waals surface area contributed by atoms with Crippen molar-refractivity contribution in [2.75, 3.05) is 7.05 Å². The molecule has 0 radical (unpaired) electrons. The molecule has 2 aromatic rings. The summed E-state index contributed by atoms with van der Waals surface area (Å²) in [7, 11) is 1.73. The average molecular weight is 291 g/mol. The second-order valence-electron chi connectivity index (χ2n) is 5.11. The minimum atomic E-state index is -0.187. The molecule has 1 heterocycles. The van der Waals surface area contributed by atoms with E-state index < -0.39 is 0 Å². The standard InChI is InChI=1S/C14H15ClN4O/c1-19(8-9-3-2-4-11(15)7-9)14(20)13-16-12(17-18-13)10-5-6-10/h2-4,7,10H,5-6,8H2,1H3,(H,16,17,18). The molecule has 1 fully saturated rings. The number of amides is 1. The second kappa shape index (κ2) is 5.25. The number of hydrogen-bond donors (Lipinski definition) is 1. The van der Waals surface area contributed by atoms with Gasteiger partial charge in [-0.15, -0.1) is 5.10 Å². The summed E-state index contributed by atoms with van der Waals surface area (Å²) in [5, 5.41) is 7.52. The van der Waals surface area contributed by atoms with Crippen LogP contribution in [0.2, 0.25) is 5.02 Å². The summed E-state index contributed by atoms with van der Waals surface area (Å²) in [5.41, 5.74) is 0.978. The zero-order chi connectivity index (χ0) is 14.1. The van der Waals surface area contributed by atoms with Gasteiger partial charge in [-0.2, -0.15) is 0 Å². The Labute approximate surface area is 122 Å². The number of H-pyrrole nitrogens is 1. The molecule has 104 valence electrons. The average Bonchev–Trinajstić information content (AvgIpc) is 3.16. The van der Waals surface area contributed by atoms with Crippen LogP contribution >= 0.6 is 11.6 Å². The summed E-state index contributed by atoms with van der Waals surface area (Å²) in [6.45, 7) is 0.479. The van der Waals surface area contributed by atoms with Crippen LogP contribution in [0.1, 0.15) is 40.8 Å². The first-order chi connectivity index (χ1) is 9.63. The Morgan fingerprint density at radius 3 is 3.00 bits per heavy atom. The molecule has 0 atom stereocenters. The molecule has 0 spiro atoms. The van der Waals surface area contributed by atoms with E-state index in [0.29, 0.717) is 17.5 Å². The zero-order valence-corrected chi connectivity index (χ0v) is 11.9. The van der Waals surface area contributed by atoms with Crippen LogP contribution in [0.3, 0.4) is 0 Å². The molecule has 5 nitrogen and oxygen atoms in total. The number of benzene rings is 1. The van der Waals surface area contributed by atoms with E-state index in [1.165, 1.54) is 0 Å². The molecule has 3 rings (SSSR count). The molecular weight excluding hydrogens is 276 g/mol. The minimum absolute atomic E-state index is 0.187. The first-order valence-electron chi connectivity index (χ1n) is 6.55. The summed E-state index contributed by atoms with van der Waals surface area (Å²) in [4.78, 5) is 18.1. The predicted octanol–water partition coefficient (Wildman–Crippen LogP) is 2.61. The van der Waals surface area contributed by atoms with Crippen molar-refractivity contribution in [2.45, 2.75) is 25.3 Å². The fraction of sp³-hybridized carbons (Fsp3) is 0.357. The minimum Gasteiger partial charge on any atom is -0.335 e. The largest absolute Gasteiger partial charge is 0.335 e. The molecule has 1 aromatic heterocycles. The Morgan fingerprint density at radius 2 is 2.30 bits per heavy atom. The quantitative estimate of drug-likeness (QED) is 0.941. The molecule has 1 N–H and O–H groups in total. The van der Waals surface area contributed by atoms with Crippen LogP contribution in [0.25, 0.3) is 0 Å². The van der Waals surface area contributed by atoms with E-state index in [-0.39, 0.29) is 11.7 Å². The fourth-order valence-corrected chi connectivity index (χ4v) is 2.27. The molecule has 0 saturated heterocycles. The van der Waals surface area contributed by atoms with Crippen molar-refractivity contribution in [1.29, 1.82) is 0 Å². The van der Waals surface area contributed by atoms with Gasteiger partial charge in [-0.1, -0.05) is 23.7 Å². The Kier molecular flexibility index (Phi) is 3.44. The molecule has 6 heteroatoms. The summed E-state index contributed by atoms with van der Waals surface area (Å²) in [6.07, 6.45) is 2.25. The van der Waals surface area contributed by atoms with Gasteiger partial charge in [-0.3, -0.25) is 9.89 Å². The van der Waals surface area contributed by atoms with Gasteiger partial charge in [0.05, 0.1) is 0 Å². The fourth-order valence-electron chi connectivity index (χ4n) is 2.06. The van der Waals surface area contributed by atoms with Crippen LogP contribution in [-0.4, -0.2) is 33.0 Å². The van der Waals surface area contributed by atoms with E-state index in [2.05, 4.69) is 15.2 Å². The van der Waals surface area contributed by atoms with Crippen molar-refractivity contribution >= 4 is 17.5 Å². The maximum absolute atomic E-state index is 12.2. The highest BCUT2D eigenvalue weighted by molar-refractivity contribution is 6.30. The van der Waals surface area contributed by atoms with Crippen LogP contribution in [0.15, 0.2) is 24.3 Å².